The molecule has 6 heteroatoms. The van der Waals surface area contributed by atoms with Gasteiger partial charge in [-0.05, 0) is 0 Å². The lowest BCUT2D eigenvalue weighted by Crippen LogP contribution is -2.02. The number of benzene rings is 1. The summed E-state index contributed by atoms with van der Waals surface area (Å²) in [5.41, 5.74) is -0.547. The molecule has 0 bridgehead atoms. The molecule has 1 aromatic rings. The molecule has 1 unspecified atom stereocenters. The smallest absolute Gasteiger partial charge is 0.305 e. The molecule has 0 fully saturated rings. The van der Waals surface area contributed by atoms with Crippen LogP contribution in [0.4, 0.5) is 10.1 Å². The van der Waals surface area contributed by atoms with E-state index in [2.05, 4.69) is 0 Å². The number of phenolic OH excluding ortho intramolecular Hbond substituents is 1. The first-order valence-corrected chi connectivity index (χ1v) is 4.25. The maximum Gasteiger partial charge on any atom is 0.305 e. The molecule has 0 amide bonds. The van der Waals surface area contributed by atoms with E-state index in [4.69, 9.17) is 5.11 Å². The number of phenols is 1. The molecule has 0 heterocycles. The van der Waals surface area contributed by atoms with Crippen molar-refractivity contribution >= 4 is 5.69 Å². The third-order valence-electron chi connectivity index (χ3n) is 2.10. The number of hydrogen-bond acceptors (Lipinski definition) is 4. The quantitative estimate of drug-likeness (QED) is 0.591. The van der Waals surface area contributed by atoms with E-state index >= 15 is 0 Å². The van der Waals surface area contributed by atoms with Crippen molar-refractivity contribution in [2.24, 2.45) is 0 Å². The van der Waals surface area contributed by atoms with Gasteiger partial charge in [0.1, 0.15) is 5.75 Å². The van der Waals surface area contributed by atoms with Gasteiger partial charge in [0, 0.05) is 30.2 Å². The summed E-state index contributed by atoms with van der Waals surface area (Å²) in [6.07, 6.45) is 0. The van der Waals surface area contributed by atoms with Crippen LogP contribution < -0.4 is 0 Å². The number of halogens is 1. The van der Waals surface area contributed by atoms with Gasteiger partial charge in [-0.3, -0.25) is 10.1 Å². The zero-order chi connectivity index (χ0) is 11.6. The number of rotatable bonds is 3. The van der Waals surface area contributed by atoms with Crippen molar-refractivity contribution in [3.63, 3.8) is 0 Å². The summed E-state index contributed by atoms with van der Waals surface area (Å²) in [5, 5.41) is 28.6. The first-order valence-electron chi connectivity index (χ1n) is 4.25. The fourth-order valence-electron chi connectivity index (χ4n) is 1.20. The van der Waals surface area contributed by atoms with E-state index in [-0.39, 0.29) is 17.9 Å². The average Bonchev–Trinajstić information content (AvgIpc) is 2.16. The summed E-state index contributed by atoms with van der Waals surface area (Å²) >= 11 is 0. The molecule has 0 aliphatic heterocycles. The molecule has 82 valence electrons. The highest BCUT2D eigenvalue weighted by Crippen LogP contribution is 2.31. The molecule has 0 spiro atoms. The van der Waals surface area contributed by atoms with Gasteiger partial charge < -0.3 is 10.2 Å². The Bertz CT molecular complexity index is 394. The standard InChI is InChI=1S/C9H10FNO4/c1-5(4-12)6-2-8(11(14)15)7(10)3-9(6)13/h2-3,5,12-13H,4H2,1H3. The second kappa shape index (κ2) is 4.22. The number of hydrogen-bond donors (Lipinski definition) is 2. The first kappa shape index (κ1) is 11.4. The molecule has 0 aliphatic rings. The molecule has 1 aromatic carbocycles. The Morgan fingerprint density at radius 3 is 2.67 bits per heavy atom. The Hall–Kier alpha value is -1.69. The maximum atomic E-state index is 13.0. The molecule has 0 saturated carbocycles. The van der Waals surface area contributed by atoms with Gasteiger partial charge in [-0.15, -0.1) is 0 Å². The molecule has 0 saturated heterocycles. The van der Waals surface area contributed by atoms with E-state index in [0.717, 1.165) is 6.07 Å². The Labute approximate surface area is 84.9 Å². The van der Waals surface area contributed by atoms with Crippen LogP contribution in [0.3, 0.4) is 0 Å². The summed E-state index contributed by atoms with van der Waals surface area (Å²) in [4.78, 5) is 9.54. The van der Waals surface area contributed by atoms with Gasteiger partial charge in [0.05, 0.1) is 4.92 Å². The molecular weight excluding hydrogens is 205 g/mol. The Morgan fingerprint density at radius 2 is 2.20 bits per heavy atom. The number of aromatic hydroxyl groups is 1. The van der Waals surface area contributed by atoms with Crippen molar-refractivity contribution in [2.75, 3.05) is 6.61 Å². The van der Waals surface area contributed by atoms with Crippen LogP contribution in [0.1, 0.15) is 18.4 Å². The summed E-state index contributed by atoms with van der Waals surface area (Å²) in [7, 11) is 0. The molecule has 0 aliphatic carbocycles. The normalized spacial score (nSPS) is 12.5. The molecular formula is C9H10FNO4. The highest BCUT2D eigenvalue weighted by Gasteiger charge is 2.20. The highest BCUT2D eigenvalue weighted by atomic mass is 19.1. The minimum absolute atomic E-state index is 0.158. The van der Waals surface area contributed by atoms with Crippen LogP contribution in [0.5, 0.6) is 5.75 Å². The molecule has 5 nitrogen and oxygen atoms in total. The van der Waals surface area contributed by atoms with E-state index in [1.165, 1.54) is 0 Å². The van der Waals surface area contributed by atoms with Crippen LogP contribution in [-0.4, -0.2) is 21.7 Å². The third-order valence-corrected chi connectivity index (χ3v) is 2.10. The van der Waals surface area contributed by atoms with Crippen molar-refractivity contribution in [2.45, 2.75) is 12.8 Å². The van der Waals surface area contributed by atoms with Crippen LogP contribution in [-0.2, 0) is 0 Å². The van der Waals surface area contributed by atoms with E-state index in [1.54, 1.807) is 6.92 Å². The van der Waals surface area contributed by atoms with Crippen LogP contribution in [0.25, 0.3) is 0 Å². The second-order valence-electron chi connectivity index (χ2n) is 3.20. The lowest BCUT2D eigenvalue weighted by Gasteiger charge is -2.10. The number of nitro benzene ring substituents is 1. The van der Waals surface area contributed by atoms with Crippen molar-refractivity contribution < 1.29 is 19.5 Å². The lowest BCUT2D eigenvalue weighted by atomic mass is 10.0. The third kappa shape index (κ3) is 2.21. The number of nitro groups is 1. The summed E-state index contributed by atoms with van der Waals surface area (Å²) < 4.78 is 13.0. The van der Waals surface area contributed by atoms with Crippen molar-refractivity contribution in [3.8, 4) is 5.75 Å². The van der Waals surface area contributed by atoms with Gasteiger partial charge in [-0.1, -0.05) is 6.92 Å². The minimum atomic E-state index is -1.09. The molecule has 0 radical (unpaired) electrons. The molecule has 2 N–H and O–H groups in total. The van der Waals surface area contributed by atoms with E-state index in [1.807, 2.05) is 0 Å². The Kier molecular flexibility index (Phi) is 3.21. The fourth-order valence-corrected chi connectivity index (χ4v) is 1.20. The summed E-state index contributed by atoms with van der Waals surface area (Å²) in [6, 6.07) is 1.62. The minimum Gasteiger partial charge on any atom is -0.508 e. The van der Waals surface area contributed by atoms with Crippen molar-refractivity contribution in [1.82, 2.24) is 0 Å². The summed E-state index contributed by atoms with van der Waals surface area (Å²) in [5.74, 6) is -1.96. The van der Waals surface area contributed by atoms with Gasteiger partial charge >= 0.3 is 5.69 Å². The molecule has 1 atom stereocenters. The van der Waals surface area contributed by atoms with Gasteiger partial charge in [0.25, 0.3) is 0 Å². The number of nitrogens with zero attached hydrogens (tertiary/aromatic N) is 1. The van der Waals surface area contributed by atoms with Gasteiger partial charge in [-0.2, -0.15) is 4.39 Å². The number of aliphatic hydroxyl groups excluding tert-OH is 1. The lowest BCUT2D eigenvalue weighted by molar-refractivity contribution is -0.387. The highest BCUT2D eigenvalue weighted by molar-refractivity contribution is 5.46. The summed E-state index contributed by atoms with van der Waals surface area (Å²) in [6.45, 7) is 1.28. The predicted octanol–water partition coefficient (Wildman–Crippen LogP) is 1.54. The van der Waals surface area contributed by atoms with Crippen LogP contribution in [0.2, 0.25) is 0 Å². The van der Waals surface area contributed by atoms with E-state index in [0.29, 0.717) is 6.07 Å². The Morgan fingerprint density at radius 1 is 1.60 bits per heavy atom. The predicted molar refractivity (Wildman–Crippen MR) is 50.2 cm³/mol. The average molecular weight is 215 g/mol. The monoisotopic (exact) mass is 215 g/mol. The molecule has 1 rings (SSSR count). The van der Waals surface area contributed by atoms with Gasteiger partial charge in [0.15, 0.2) is 0 Å². The van der Waals surface area contributed by atoms with Crippen LogP contribution in [0, 0.1) is 15.9 Å². The zero-order valence-electron chi connectivity index (χ0n) is 7.98. The van der Waals surface area contributed by atoms with Crippen LogP contribution in [0.15, 0.2) is 12.1 Å². The van der Waals surface area contributed by atoms with Crippen LogP contribution >= 0.6 is 0 Å². The molecule has 15 heavy (non-hydrogen) atoms. The van der Waals surface area contributed by atoms with Crippen molar-refractivity contribution in [3.05, 3.63) is 33.6 Å². The largest absolute Gasteiger partial charge is 0.508 e. The maximum absolute atomic E-state index is 13.0. The zero-order valence-corrected chi connectivity index (χ0v) is 7.98. The number of aliphatic hydroxyl groups is 1. The second-order valence-corrected chi connectivity index (χ2v) is 3.20. The SMILES string of the molecule is CC(CO)c1cc([N+](=O)[O-])c(F)cc1O. The van der Waals surface area contributed by atoms with Crippen molar-refractivity contribution in [1.29, 1.82) is 0 Å². The van der Waals surface area contributed by atoms with Gasteiger partial charge in [-0.25, -0.2) is 0 Å². The van der Waals surface area contributed by atoms with E-state index in [9.17, 15) is 19.6 Å². The van der Waals surface area contributed by atoms with E-state index < -0.39 is 22.3 Å². The van der Waals surface area contributed by atoms with Gasteiger partial charge in [0.2, 0.25) is 5.82 Å². The topological polar surface area (TPSA) is 83.6 Å². The fraction of sp³-hybridized carbons (Fsp3) is 0.333. The Balaban J connectivity index is 3.29. The first-order chi connectivity index (χ1) is 6.97. The molecule has 0 aromatic heterocycles.